The van der Waals surface area contributed by atoms with Crippen molar-refractivity contribution in [1.82, 2.24) is 0 Å². The highest BCUT2D eigenvalue weighted by atomic mass is 79.9. The molecule has 1 amide bonds. The van der Waals surface area contributed by atoms with Gasteiger partial charge in [0, 0.05) is 4.47 Å². The van der Waals surface area contributed by atoms with Gasteiger partial charge in [0.15, 0.2) is 0 Å². The van der Waals surface area contributed by atoms with Gasteiger partial charge in [0.2, 0.25) is 0 Å². The molecule has 22 heavy (non-hydrogen) atoms. The normalized spacial score (nSPS) is 9.91. The van der Waals surface area contributed by atoms with E-state index in [1.165, 1.54) is 24.3 Å². The van der Waals surface area contributed by atoms with Gasteiger partial charge in [0.05, 0.1) is 29.5 Å². The van der Waals surface area contributed by atoms with Gasteiger partial charge in [-0.2, -0.15) is 5.26 Å². The number of halogens is 2. The molecule has 0 aliphatic rings. The van der Waals surface area contributed by atoms with Crippen LogP contribution in [0.1, 0.15) is 22.8 Å². The SMILES string of the molecule is CCOc1ccc(C#N)cc1NC(=O)c1ccc(F)cc1Br. The monoisotopic (exact) mass is 362 g/mol. The molecule has 6 heteroatoms. The van der Waals surface area contributed by atoms with Crippen LogP contribution in [0.2, 0.25) is 0 Å². The molecule has 0 radical (unpaired) electrons. The third kappa shape index (κ3) is 3.62. The van der Waals surface area contributed by atoms with Gasteiger partial charge in [-0.15, -0.1) is 0 Å². The third-order valence-electron chi connectivity index (χ3n) is 2.83. The van der Waals surface area contributed by atoms with E-state index in [2.05, 4.69) is 21.2 Å². The summed E-state index contributed by atoms with van der Waals surface area (Å²) >= 11 is 3.15. The van der Waals surface area contributed by atoms with Crippen LogP contribution < -0.4 is 10.1 Å². The minimum Gasteiger partial charge on any atom is -0.492 e. The Morgan fingerprint density at radius 1 is 1.36 bits per heavy atom. The number of carbonyl (C=O) groups is 1. The van der Waals surface area contributed by atoms with Crippen molar-refractivity contribution in [3.05, 3.63) is 57.8 Å². The summed E-state index contributed by atoms with van der Waals surface area (Å²) in [7, 11) is 0. The van der Waals surface area contributed by atoms with Crippen LogP contribution in [0, 0.1) is 17.1 Å². The first-order valence-corrected chi connectivity index (χ1v) is 7.27. The maximum Gasteiger partial charge on any atom is 0.256 e. The molecule has 112 valence electrons. The summed E-state index contributed by atoms with van der Waals surface area (Å²) in [5.74, 6) is -0.402. The van der Waals surface area contributed by atoms with Gasteiger partial charge in [0.25, 0.3) is 5.91 Å². The Morgan fingerprint density at radius 3 is 2.77 bits per heavy atom. The minimum absolute atomic E-state index is 0.284. The molecule has 0 aromatic heterocycles. The number of benzene rings is 2. The third-order valence-corrected chi connectivity index (χ3v) is 3.49. The van der Waals surface area contributed by atoms with Gasteiger partial charge in [-0.1, -0.05) is 0 Å². The molecule has 4 nitrogen and oxygen atoms in total. The Hall–Kier alpha value is -2.39. The number of nitrogens with one attached hydrogen (secondary N) is 1. The van der Waals surface area contributed by atoms with Crippen molar-refractivity contribution in [2.45, 2.75) is 6.92 Å². The van der Waals surface area contributed by atoms with Crippen LogP contribution in [0.25, 0.3) is 0 Å². The number of nitrogens with zero attached hydrogens (tertiary/aromatic N) is 1. The number of rotatable bonds is 4. The molecule has 0 aliphatic heterocycles. The average molecular weight is 363 g/mol. The Morgan fingerprint density at radius 2 is 2.14 bits per heavy atom. The van der Waals surface area contributed by atoms with E-state index in [0.29, 0.717) is 28.1 Å². The molecule has 0 saturated heterocycles. The number of ether oxygens (including phenoxy) is 1. The lowest BCUT2D eigenvalue weighted by molar-refractivity contribution is 0.102. The number of hydrogen-bond acceptors (Lipinski definition) is 3. The molecule has 0 aliphatic carbocycles. The maximum atomic E-state index is 13.1. The fourth-order valence-corrected chi connectivity index (χ4v) is 2.37. The summed E-state index contributed by atoms with van der Waals surface area (Å²) in [4.78, 5) is 12.3. The standard InChI is InChI=1S/C16H12BrFN2O2/c1-2-22-15-6-3-10(9-19)7-14(15)20-16(21)12-5-4-11(18)8-13(12)17/h3-8H,2H2,1H3,(H,20,21). The minimum atomic E-state index is -0.440. The Balaban J connectivity index is 2.32. The second-order valence-corrected chi connectivity index (χ2v) is 5.19. The second-order valence-electron chi connectivity index (χ2n) is 4.33. The highest BCUT2D eigenvalue weighted by Crippen LogP contribution is 2.27. The molecule has 0 heterocycles. The number of amides is 1. The summed E-state index contributed by atoms with van der Waals surface area (Å²) in [6.07, 6.45) is 0. The molecule has 0 atom stereocenters. The van der Waals surface area contributed by atoms with Crippen LogP contribution in [0.4, 0.5) is 10.1 Å². The highest BCUT2D eigenvalue weighted by Gasteiger charge is 2.14. The van der Waals surface area contributed by atoms with Crippen molar-refractivity contribution < 1.29 is 13.9 Å². The molecular weight excluding hydrogens is 351 g/mol. The molecule has 2 aromatic carbocycles. The lowest BCUT2D eigenvalue weighted by Crippen LogP contribution is -2.14. The fraction of sp³-hybridized carbons (Fsp3) is 0.125. The van der Waals surface area contributed by atoms with Crippen molar-refractivity contribution in [2.75, 3.05) is 11.9 Å². The quantitative estimate of drug-likeness (QED) is 0.889. The van der Waals surface area contributed by atoms with Crippen LogP contribution in [0.15, 0.2) is 40.9 Å². The van der Waals surface area contributed by atoms with E-state index in [1.54, 1.807) is 12.1 Å². The van der Waals surface area contributed by atoms with Gasteiger partial charge in [-0.25, -0.2) is 4.39 Å². The van der Waals surface area contributed by atoms with Gasteiger partial charge in [-0.05, 0) is 59.3 Å². The van der Waals surface area contributed by atoms with Crippen LogP contribution in [-0.4, -0.2) is 12.5 Å². The van der Waals surface area contributed by atoms with E-state index in [9.17, 15) is 9.18 Å². The fourth-order valence-electron chi connectivity index (χ4n) is 1.84. The first-order valence-electron chi connectivity index (χ1n) is 6.48. The highest BCUT2D eigenvalue weighted by molar-refractivity contribution is 9.10. The molecule has 0 fully saturated rings. The predicted molar refractivity (Wildman–Crippen MR) is 84.4 cm³/mol. The zero-order valence-corrected chi connectivity index (χ0v) is 13.3. The van der Waals surface area contributed by atoms with E-state index < -0.39 is 11.7 Å². The molecule has 0 bridgehead atoms. The van der Waals surface area contributed by atoms with Crippen LogP contribution in [-0.2, 0) is 0 Å². The first kappa shape index (κ1) is 16.0. The largest absolute Gasteiger partial charge is 0.492 e. The number of carbonyl (C=O) groups excluding carboxylic acids is 1. The van der Waals surface area contributed by atoms with E-state index in [-0.39, 0.29) is 5.56 Å². The Kier molecular flexibility index (Phi) is 5.12. The van der Waals surface area contributed by atoms with Crippen molar-refractivity contribution in [3.63, 3.8) is 0 Å². The van der Waals surface area contributed by atoms with Crippen LogP contribution >= 0.6 is 15.9 Å². The zero-order valence-electron chi connectivity index (χ0n) is 11.7. The average Bonchev–Trinajstić information content (AvgIpc) is 2.49. The molecule has 0 spiro atoms. The van der Waals surface area contributed by atoms with Crippen molar-refractivity contribution >= 4 is 27.5 Å². The smallest absolute Gasteiger partial charge is 0.256 e. The second kappa shape index (κ2) is 7.05. The molecule has 2 rings (SSSR count). The van der Waals surface area contributed by atoms with Gasteiger partial charge in [0.1, 0.15) is 11.6 Å². The number of hydrogen-bond donors (Lipinski definition) is 1. The molecule has 0 saturated carbocycles. The van der Waals surface area contributed by atoms with Gasteiger partial charge >= 0.3 is 0 Å². The van der Waals surface area contributed by atoms with E-state index in [0.717, 1.165) is 0 Å². The molecule has 0 unspecified atom stereocenters. The van der Waals surface area contributed by atoms with Crippen molar-refractivity contribution in [1.29, 1.82) is 5.26 Å². The summed E-state index contributed by atoms with van der Waals surface area (Å²) in [5, 5.41) is 11.6. The zero-order chi connectivity index (χ0) is 16.1. The van der Waals surface area contributed by atoms with E-state index >= 15 is 0 Å². The molecular formula is C16H12BrFN2O2. The lowest BCUT2D eigenvalue weighted by Gasteiger charge is -2.12. The van der Waals surface area contributed by atoms with Crippen molar-refractivity contribution in [2.24, 2.45) is 0 Å². The number of nitriles is 1. The summed E-state index contributed by atoms with van der Waals surface area (Å²) < 4.78 is 18.9. The Bertz CT molecular complexity index is 756. The summed E-state index contributed by atoms with van der Waals surface area (Å²) in [5.41, 5.74) is 1.07. The maximum absolute atomic E-state index is 13.1. The van der Waals surface area contributed by atoms with Crippen LogP contribution in [0.5, 0.6) is 5.75 Å². The van der Waals surface area contributed by atoms with Gasteiger partial charge in [-0.3, -0.25) is 4.79 Å². The molecule has 2 aromatic rings. The lowest BCUT2D eigenvalue weighted by atomic mass is 10.1. The van der Waals surface area contributed by atoms with Crippen molar-refractivity contribution in [3.8, 4) is 11.8 Å². The van der Waals surface area contributed by atoms with E-state index in [4.69, 9.17) is 10.00 Å². The van der Waals surface area contributed by atoms with Crippen LogP contribution in [0.3, 0.4) is 0 Å². The molecule has 1 N–H and O–H groups in total. The van der Waals surface area contributed by atoms with Gasteiger partial charge < -0.3 is 10.1 Å². The number of anilines is 1. The predicted octanol–water partition coefficient (Wildman–Crippen LogP) is 4.11. The van der Waals surface area contributed by atoms with E-state index in [1.807, 2.05) is 13.0 Å². The topological polar surface area (TPSA) is 62.1 Å². The Labute approximate surface area is 135 Å². The summed E-state index contributed by atoms with van der Waals surface area (Å²) in [6, 6.07) is 10.6. The first-order chi connectivity index (χ1) is 10.5. The summed E-state index contributed by atoms with van der Waals surface area (Å²) in [6.45, 7) is 2.25.